The molecular formula is C23H18F2N2O2. The molecule has 2 aromatic heterocycles. The van der Waals surface area contributed by atoms with E-state index in [0.717, 1.165) is 11.5 Å². The van der Waals surface area contributed by atoms with Gasteiger partial charge in [0.15, 0.2) is 17.1 Å². The van der Waals surface area contributed by atoms with Gasteiger partial charge in [-0.15, -0.1) is 0 Å². The summed E-state index contributed by atoms with van der Waals surface area (Å²) in [6.45, 7) is 4.95. The lowest BCUT2D eigenvalue weighted by Crippen LogP contribution is -2.09. The first-order chi connectivity index (χ1) is 13.8. The molecule has 0 saturated carbocycles. The molecule has 0 atom stereocenters. The van der Waals surface area contributed by atoms with E-state index in [1.54, 1.807) is 13.8 Å². The first-order valence-electron chi connectivity index (χ1n) is 9.08. The number of hydrogen-bond acceptors (Lipinski definition) is 3. The number of ether oxygens (including phenoxy) is 1. The van der Waals surface area contributed by atoms with Gasteiger partial charge in [0.1, 0.15) is 5.75 Å². The minimum Gasteiger partial charge on any atom is -0.438 e. The largest absolute Gasteiger partial charge is 0.438 e. The second-order valence-corrected chi connectivity index (χ2v) is 6.94. The molecule has 0 bridgehead atoms. The lowest BCUT2D eigenvalue weighted by molar-refractivity contribution is 0.444. The molecule has 6 heteroatoms. The number of rotatable bonds is 3. The fraction of sp³-hybridized carbons (Fsp3) is 0.130. The fourth-order valence-electron chi connectivity index (χ4n) is 3.23. The number of aryl methyl sites for hydroxylation is 1. The number of hydrogen-bond donors (Lipinski definition) is 1. The van der Waals surface area contributed by atoms with Crippen LogP contribution in [0.25, 0.3) is 22.2 Å². The van der Waals surface area contributed by atoms with Crippen LogP contribution in [0.15, 0.2) is 53.3 Å². The summed E-state index contributed by atoms with van der Waals surface area (Å²) in [6, 6.07) is 13.2. The standard InChI is InChI=1S/C23H18F2N2O2/c1-12-10-19(28)13(2)22(26-12)16-11-15-6-4-5-7-18(15)27-23(16)29-20-9-8-17(24)21(25)14(20)3/h4-11H,1-3H3,(H,26,28). The summed E-state index contributed by atoms with van der Waals surface area (Å²) in [5.41, 5.74) is 2.95. The molecule has 0 amide bonds. The Labute approximate surface area is 165 Å². The fourth-order valence-corrected chi connectivity index (χ4v) is 3.23. The Morgan fingerprint density at radius 1 is 0.966 bits per heavy atom. The molecule has 4 aromatic rings. The summed E-state index contributed by atoms with van der Waals surface area (Å²) in [6.07, 6.45) is 0. The van der Waals surface area contributed by atoms with Gasteiger partial charge in [-0.3, -0.25) is 4.79 Å². The summed E-state index contributed by atoms with van der Waals surface area (Å²) < 4.78 is 33.5. The second-order valence-electron chi connectivity index (χ2n) is 6.94. The lowest BCUT2D eigenvalue weighted by Gasteiger charge is -2.15. The van der Waals surface area contributed by atoms with Crippen molar-refractivity contribution in [1.82, 2.24) is 9.97 Å². The Morgan fingerprint density at radius 2 is 1.72 bits per heavy atom. The smallest absolute Gasteiger partial charge is 0.229 e. The van der Waals surface area contributed by atoms with E-state index >= 15 is 0 Å². The molecule has 4 nitrogen and oxygen atoms in total. The number of halogens is 2. The highest BCUT2D eigenvalue weighted by atomic mass is 19.2. The Kier molecular flexibility index (Phi) is 4.62. The van der Waals surface area contributed by atoms with Crippen LogP contribution < -0.4 is 10.2 Å². The summed E-state index contributed by atoms with van der Waals surface area (Å²) in [7, 11) is 0. The summed E-state index contributed by atoms with van der Waals surface area (Å²) in [5, 5.41) is 0.860. The van der Waals surface area contributed by atoms with Gasteiger partial charge in [-0.1, -0.05) is 18.2 Å². The van der Waals surface area contributed by atoms with Gasteiger partial charge < -0.3 is 9.72 Å². The van der Waals surface area contributed by atoms with Crippen LogP contribution in [0.1, 0.15) is 16.8 Å². The third kappa shape index (κ3) is 3.38. The van der Waals surface area contributed by atoms with Crippen LogP contribution in [-0.2, 0) is 0 Å². The highest BCUT2D eigenvalue weighted by Crippen LogP contribution is 2.36. The number of benzene rings is 2. The summed E-state index contributed by atoms with van der Waals surface area (Å²) in [4.78, 5) is 20.1. The minimum atomic E-state index is -0.968. The van der Waals surface area contributed by atoms with Gasteiger partial charge in [0.05, 0.1) is 16.8 Å². The van der Waals surface area contributed by atoms with Crippen LogP contribution in [0.4, 0.5) is 8.78 Å². The normalized spacial score (nSPS) is 11.1. The van der Waals surface area contributed by atoms with Crippen LogP contribution in [0.2, 0.25) is 0 Å². The van der Waals surface area contributed by atoms with Gasteiger partial charge in [0, 0.05) is 28.3 Å². The van der Waals surface area contributed by atoms with Gasteiger partial charge in [-0.2, -0.15) is 0 Å². The number of nitrogens with one attached hydrogen (secondary N) is 1. The number of aromatic amines is 1. The summed E-state index contributed by atoms with van der Waals surface area (Å²) >= 11 is 0. The van der Waals surface area contributed by atoms with E-state index in [4.69, 9.17) is 4.74 Å². The molecule has 0 aliphatic carbocycles. The van der Waals surface area contributed by atoms with E-state index < -0.39 is 11.6 Å². The van der Waals surface area contributed by atoms with Crippen molar-refractivity contribution in [2.24, 2.45) is 0 Å². The molecule has 146 valence electrons. The molecule has 0 unspecified atom stereocenters. The highest BCUT2D eigenvalue weighted by Gasteiger charge is 2.18. The quantitative estimate of drug-likeness (QED) is 0.495. The first kappa shape index (κ1) is 18.8. The number of H-pyrrole nitrogens is 1. The first-order valence-corrected chi connectivity index (χ1v) is 9.08. The summed E-state index contributed by atoms with van der Waals surface area (Å²) in [5.74, 6) is -1.56. The number of aromatic nitrogens is 2. The molecule has 0 radical (unpaired) electrons. The number of fused-ring (bicyclic) bond motifs is 1. The molecule has 0 fully saturated rings. The van der Waals surface area contributed by atoms with Crippen molar-refractivity contribution in [2.75, 3.05) is 0 Å². The number of pyridine rings is 2. The van der Waals surface area contributed by atoms with Crippen LogP contribution in [0, 0.1) is 32.4 Å². The maximum Gasteiger partial charge on any atom is 0.229 e. The molecule has 0 aliphatic rings. The van der Waals surface area contributed by atoms with E-state index in [-0.39, 0.29) is 22.6 Å². The van der Waals surface area contributed by atoms with E-state index in [1.807, 2.05) is 30.3 Å². The van der Waals surface area contributed by atoms with Crippen molar-refractivity contribution in [3.05, 3.63) is 87.2 Å². The Hall–Kier alpha value is -3.54. The van der Waals surface area contributed by atoms with Crippen LogP contribution in [0.3, 0.4) is 0 Å². The Morgan fingerprint density at radius 3 is 2.52 bits per heavy atom. The van der Waals surface area contributed by atoms with Gasteiger partial charge in [0.25, 0.3) is 0 Å². The van der Waals surface area contributed by atoms with Crippen molar-refractivity contribution in [2.45, 2.75) is 20.8 Å². The third-order valence-corrected chi connectivity index (χ3v) is 4.87. The molecule has 29 heavy (non-hydrogen) atoms. The monoisotopic (exact) mass is 392 g/mol. The van der Waals surface area contributed by atoms with Crippen LogP contribution in [-0.4, -0.2) is 9.97 Å². The maximum absolute atomic E-state index is 14.0. The molecule has 2 heterocycles. The van der Waals surface area contributed by atoms with Crippen molar-refractivity contribution in [1.29, 1.82) is 0 Å². The zero-order valence-corrected chi connectivity index (χ0v) is 16.1. The zero-order valence-electron chi connectivity index (χ0n) is 16.1. The van der Waals surface area contributed by atoms with Gasteiger partial charge in [-0.05, 0) is 45.0 Å². The van der Waals surface area contributed by atoms with Crippen molar-refractivity contribution in [3.63, 3.8) is 0 Å². The van der Waals surface area contributed by atoms with Crippen molar-refractivity contribution < 1.29 is 13.5 Å². The van der Waals surface area contributed by atoms with Crippen molar-refractivity contribution >= 4 is 10.9 Å². The maximum atomic E-state index is 14.0. The molecular weight excluding hydrogens is 374 g/mol. The molecule has 1 N–H and O–H groups in total. The SMILES string of the molecule is Cc1cc(=O)c(C)c(-c2cc3ccccc3nc2Oc2ccc(F)c(F)c2C)[nH]1. The topological polar surface area (TPSA) is 55.0 Å². The van der Waals surface area contributed by atoms with Gasteiger partial charge >= 0.3 is 0 Å². The predicted molar refractivity (Wildman–Crippen MR) is 108 cm³/mol. The molecule has 4 rings (SSSR count). The van der Waals surface area contributed by atoms with E-state index in [2.05, 4.69) is 9.97 Å². The average Bonchev–Trinajstić information content (AvgIpc) is 2.70. The third-order valence-electron chi connectivity index (χ3n) is 4.87. The molecule has 2 aromatic carbocycles. The highest BCUT2D eigenvalue weighted by molar-refractivity contribution is 5.86. The lowest BCUT2D eigenvalue weighted by atomic mass is 10.0. The number of nitrogens with zero attached hydrogens (tertiary/aromatic N) is 1. The van der Waals surface area contributed by atoms with Gasteiger partial charge in [-0.25, -0.2) is 13.8 Å². The average molecular weight is 392 g/mol. The minimum absolute atomic E-state index is 0.0420. The zero-order chi connectivity index (χ0) is 20.7. The van der Waals surface area contributed by atoms with E-state index in [1.165, 1.54) is 19.1 Å². The predicted octanol–water partition coefficient (Wildman–Crippen LogP) is 5.59. The van der Waals surface area contributed by atoms with E-state index in [0.29, 0.717) is 28.0 Å². The van der Waals surface area contributed by atoms with Crippen LogP contribution >= 0.6 is 0 Å². The Balaban J connectivity index is 1.97. The van der Waals surface area contributed by atoms with E-state index in [9.17, 15) is 13.6 Å². The molecule has 0 saturated heterocycles. The van der Waals surface area contributed by atoms with Crippen molar-refractivity contribution in [3.8, 4) is 22.9 Å². The van der Waals surface area contributed by atoms with Crippen LogP contribution in [0.5, 0.6) is 11.6 Å². The second kappa shape index (κ2) is 7.13. The Bertz CT molecular complexity index is 1310. The number of para-hydroxylation sites is 1. The molecule has 0 aliphatic heterocycles. The van der Waals surface area contributed by atoms with Gasteiger partial charge in [0.2, 0.25) is 5.88 Å². The molecule has 0 spiro atoms.